The molecule has 0 saturated heterocycles. The molecule has 0 unspecified atom stereocenters. The number of benzene rings is 3. The monoisotopic (exact) mass is 579 g/mol. The molecule has 222 valence electrons. The van der Waals surface area contributed by atoms with Gasteiger partial charge in [-0.1, -0.05) is 53.6 Å². The number of pyridine rings is 1. The van der Waals surface area contributed by atoms with Crippen molar-refractivity contribution in [3.05, 3.63) is 119 Å². The minimum Gasteiger partial charge on any atom is -0.494 e. The smallest absolute Gasteiger partial charge is 0.305 e. The number of rotatable bonds is 13. The first-order valence-corrected chi connectivity index (χ1v) is 14.4. The first kappa shape index (κ1) is 31.0. The quantitative estimate of drug-likeness (QED) is 0.206. The second-order valence-electron chi connectivity index (χ2n) is 10.4. The Hall–Kier alpha value is -4.98. The molecule has 0 aliphatic carbocycles. The van der Waals surface area contributed by atoms with E-state index >= 15 is 0 Å². The minimum atomic E-state index is -0.977. The van der Waals surface area contributed by atoms with Crippen LogP contribution in [0, 0.1) is 13.8 Å². The van der Waals surface area contributed by atoms with Crippen molar-refractivity contribution in [1.82, 2.24) is 15.2 Å². The van der Waals surface area contributed by atoms with Crippen LogP contribution in [-0.4, -0.2) is 52.5 Å². The fraction of sp³-hybridized carbons (Fsp3) is 0.257. The highest BCUT2D eigenvalue weighted by atomic mass is 16.5. The van der Waals surface area contributed by atoms with E-state index in [4.69, 9.17) is 4.74 Å². The third kappa shape index (κ3) is 8.52. The maximum Gasteiger partial charge on any atom is 0.305 e. The van der Waals surface area contributed by atoms with Gasteiger partial charge in [0.05, 0.1) is 13.0 Å². The van der Waals surface area contributed by atoms with Gasteiger partial charge in [-0.25, -0.2) is 0 Å². The molecule has 0 fully saturated rings. The summed E-state index contributed by atoms with van der Waals surface area (Å²) in [6.45, 7) is 7.02. The summed E-state index contributed by atoms with van der Waals surface area (Å²) in [4.78, 5) is 44.8. The van der Waals surface area contributed by atoms with Crippen LogP contribution in [0.25, 0.3) is 11.1 Å². The zero-order valence-corrected chi connectivity index (χ0v) is 24.8. The van der Waals surface area contributed by atoms with Crippen molar-refractivity contribution in [1.29, 1.82) is 0 Å². The minimum absolute atomic E-state index is 0.0604. The number of aliphatic carboxylic acids is 1. The third-order valence-electron chi connectivity index (χ3n) is 7.08. The standard InChI is InChI=1S/C35H37N3O5/c1-4-43-28-11-9-26(10-12-28)15-18-38(19-16-33(39)40)35(42)32-21-25(3)8-14-30(32)29-13-7-24(2)20-31(29)34(41)37-23-27-6-5-17-36-22-27/h5-14,17,20-22H,4,15-16,18-19,23H2,1-3H3,(H,37,41)(H,39,40). The zero-order valence-electron chi connectivity index (χ0n) is 24.8. The third-order valence-corrected chi connectivity index (χ3v) is 7.08. The number of nitrogens with zero attached hydrogens (tertiary/aromatic N) is 2. The first-order valence-electron chi connectivity index (χ1n) is 14.4. The molecule has 8 heteroatoms. The Morgan fingerprint density at radius 1 is 0.860 bits per heavy atom. The topological polar surface area (TPSA) is 109 Å². The number of carboxylic acids is 1. The van der Waals surface area contributed by atoms with Crippen LogP contribution >= 0.6 is 0 Å². The van der Waals surface area contributed by atoms with Crippen LogP contribution in [0.1, 0.15) is 56.3 Å². The molecule has 0 aliphatic rings. The van der Waals surface area contributed by atoms with Crippen molar-refractivity contribution in [3.8, 4) is 16.9 Å². The van der Waals surface area contributed by atoms with Crippen LogP contribution in [0.3, 0.4) is 0 Å². The lowest BCUT2D eigenvalue weighted by Gasteiger charge is -2.24. The number of carboxylic acid groups (broad SMARTS) is 1. The largest absolute Gasteiger partial charge is 0.494 e. The number of ether oxygens (including phenoxy) is 1. The van der Waals surface area contributed by atoms with Gasteiger partial charge in [0, 0.05) is 43.2 Å². The predicted molar refractivity (Wildman–Crippen MR) is 166 cm³/mol. The van der Waals surface area contributed by atoms with Gasteiger partial charge in [-0.3, -0.25) is 19.4 Å². The van der Waals surface area contributed by atoms with Crippen molar-refractivity contribution in [3.63, 3.8) is 0 Å². The molecule has 3 aromatic carbocycles. The molecule has 4 rings (SSSR count). The van der Waals surface area contributed by atoms with Gasteiger partial charge in [0.15, 0.2) is 0 Å². The average Bonchev–Trinajstić information content (AvgIpc) is 3.01. The van der Waals surface area contributed by atoms with E-state index in [0.29, 0.717) is 48.4 Å². The van der Waals surface area contributed by atoms with E-state index in [0.717, 1.165) is 28.0 Å². The summed E-state index contributed by atoms with van der Waals surface area (Å²) in [6, 6.07) is 22.5. The van der Waals surface area contributed by atoms with Crippen molar-refractivity contribution in [2.75, 3.05) is 19.7 Å². The average molecular weight is 580 g/mol. The molecule has 0 spiro atoms. The lowest BCUT2D eigenvalue weighted by molar-refractivity contribution is -0.137. The van der Waals surface area contributed by atoms with Crippen LogP contribution < -0.4 is 10.1 Å². The van der Waals surface area contributed by atoms with Gasteiger partial charge in [0.1, 0.15) is 5.75 Å². The molecule has 43 heavy (non-hydrogen) atoms. The SMILES string of the molecule is CCOc1ccc(CCN(CCC(=O)O)C(=O)c2cc(C)ccc2-c2ccc(C)cc2C(=O)NCc2cccnc2)cc1. The van der Waals surface area contributed by atoms with E-state index in [-0.39, 0.29) is 24.8 Å². The predicted octanol–water partition coefficient (Wildman–Crippen LogP) is 5.85. The van der Waals surface area contributed by atoms with Gasteiger partial charge >= 0.3 is 5.97 Å². The van der Waals surface area contributed by atoms with Crippen LogP contribution in [0.15, 0.2) is 85.2 Å². The number of nitrogens with one attached hydrogen (secondary N) is 1. The van der Waals surface area contributed by atoms with Gasteiger partial charge < -0.3 is 20.1 Å². The maximum atomic E-state index is 14.1. The molecule has 1 aromatic heterocycles. The number of aryl methyl sites for hydroxylation is 2. The summed E-state index contributed by atoms with van der Waals surface area (Å²) in [5, 5.41) is 12.4. The Bertz CT molecular complexity index is 1570. The summed E-state index contributed by atoms with van der Waals surface area (Å²) in [5.41, 5.74) is 5.78. The molecule has 0 aliphatic heterocycles. The van der Waals surface area contributed by atoms with Gasteiger partial charge in [0.2, 0.25) is 0 Å². The lowest BCUT2D eigenvalue weighted by Crippen LogP contribution is -2.35. The Morgan fingerprint density at radius 2 is 1.53 bits per heavy atom. The number of hydrogen-bond donors (Lipinski definition) is 2. The molecule has 2 amide bonds. The van der Waals surface area contributed by atoms with Crippen LogP contribution in [0.5, 0.6) is 5.75 Å². The Labute approximate surface area is 252 Å². The van der Waals surface area contributed by atoms with Crippen molar-refractivity contribution in [2.45, 2.75) is 40.2 Å². The van der Waals surface area contributed by atoms with Gasteiger partial charge in [0.25, 0.3) is 11.8 Å². The summed E-state index contributed by atoms with van der Waals surface area (Å²) in [5.74, 6) is -0.754. The second-order valence-corrected chi connectivity index (χ2v) is 10.4. The molecule has 0 atom stereocenters. The van der Waals surface area contributed by atoms with Gasteiger partial charge in [-0.2, -0.15) is 0 Å². The van der Waals surface area contributed by atoms with E-state index in [2.05, 4.69) is 10.3 Å². The summed E-state index contributed by atoms with van der Waals surface area (Å²) in [6.07, 6.45) is 3.75. The second kappa shape index (κ2) is 14.8. The summed E-state index contributed by atoms with van der Waals surface area (Å²) in [7, 11) is 0. The molecule has 0 saturated carbocycles. The van der Waals surface area contributed by atoms with Crippen molar-refractivity contribution in [2.24, 2.45) is 0 Å². The molecular weight excluding hydrogens is 542 g/mol. The summed E-state index contributed by atoms with van der Waals surface area (Å²) >= 11 is 0. The number of amides is 2. The number of aromatic nitrogens is 1. The van der Waals surface area contributed by atoms with E-state index in [1.807, 2.05) is 87.5 Å². The van der Waals surface area contributed by atoms with E-state index < -0.39 is 5.97 Å². The molecule has 8 nitrogen and oxygen atoms in total. The van der Waals surface area contributed by atoms with Gasteiger partial charge in [-0.15, -0.1) is 0 Å². The highest BCUT2D eigenvalue weighted by Crippen LogP contribution is 2.30. The number of carbonyl (C=O) groups is 3. The molecule has 1 heterocycles. The molecule has 2 N–H and O–H groups in total. The fourth-order valence-electron chi connectivity index (χ4n) is 4.83. The fourth-order valence-corrected chi connectivity index (χ4v) is 4.83. The summed E-state index contributed by atoms with van der Waals surface area (Å²) < 4.78 is 5.52. The Morgan fingerprint density at radius 3 is 2.16 bits per heavy atom. The highest BCUT2D eigenvalue weighted by Gasteiger charge is 2.23. The van der Waals surface area contributed by atoms with Crippen molar-refractivity contribution >= 4 is 17.8 Å². The lowest BCUT2D eigenvalue weighted by atomic mass is 9.92. The van der Waals surface area contributed by atoms with Gasteiger partial charge in [-0.05, 0) is 79.8 Å². The number of carbonyl (C=O) groups excluding carboxylic acids is 2. The van der Waals surface area contributed by atoms with E-state index in [1.165, 1.54) is 0 Å². The normalized spacial score (nSPS) is 10.7. The van der Waals surface area contributed by atoms with Crippen LogP contribution in [0.4, 0.5) is 0 Å². The number of hydrogen-bond acceptors (Lipinski definition) is 5. The Kier molecular flexibility index (Phi) is 10.6. The van der Waals surface area contributed by atoms with Crippen LogP contribution in [0.2, 0.25) is 0 Å². The molecular formula is C35H37N3O5. The first-order chi connectivity index (χ1) is 20.7. The zero-order chi connectivity index (χ0) is 30.8. The molecule has 0 radical (unpaired) electrons. The Balaban J connectivity index is 1.64. The van der Waals surface area contributed by atoms with E-state index in [9.17, 15) is 19.5 Å². The highest BCUT2D eigenvalue weighted by molar-refractivity contribution is 6.06. The van der Waals surface area contributed by atoms with E-state index in [1.54, 1.807) is 23.4 Å². The molecule has 4 aromatic rings. The maximum absolute atomic E-state index is 14.1. The van der Waals surface area contributed by atoms with Crippen LogP contribution in [-0.2, 0) is 17.8 Å². The van der Waals surface area contributed by atoms with Crippen molar-refractivity contribution < 1.29 is 24.2 Å². The molecule has 0 bridgehead atoms.